The molecule has 0 aromatic heterocycles. The average Bonchev–Trinajstić information content (AvgIpc) is 2.81. The standard InChI is InChI=1S/C11H13BrO4/c1-11-7-3-5(2-6(7)10(14)16-11)9(11)15-8(13)4-12/h5-7,9H,2-4H2,1H3. The lowest BCUT2D eigenvalue weighted by molar-refractivity contribution is -0.172. The molecule has 1 saturated heterocycles. The van der Waals surface area contributed by atoms with Crippen molar-refractivity contribution in [3.8, 4) is 0 Å². The summed E-state index contributed by atoms with van der Waals surface area (Å²) in [4.78, 5) is 23.0. The Balaban J connectivity index is 1.87. The van der Waals surface area contributed by atoms with Crippen LogP contribution in [0.4, 0.5) is 0 Å². The molecular formula is C11H13BrO4. The summed E-state index contributed by atoms with van der Waals surface area (Å²) in [5, 5.41) is 0.189. The Morgan fingerprint density at radius 2 is 2.38 bits per heavy atom. The van der Waals surface area contributed by atoms with E-state index in [-0.39, 0.29) is 35.2 Å². The number of esters is 2. The van der Waals surface area contributed by atoms with E-state index in [1.165, 1.54) is 0 Å². The average molecular weight is 289 g/mol. The molecular weight excluding hydrogens is 276 g/mol. The molecule has 2 bridgehead atoms. The second-order valence-electron chi connectivity index (χ2n) is 5.09. The summed E-state index contributed by atoms with van der Waals surface area (Å²) in [5.41, 5.74) is -0.567. The molecule has 1 aliphatic heterocycles. The number of ether oxygens (including phenoxy) is 2. The molecule has 5 unspecified atom stereocenters. The minimum absolute atomic E-state index is 0.0499. The van der Waals surface area contributed by atoms with Gasteiger partial charge in [0.05, 0.1) is 5.92 Å². The van der Waals surface area contributed by atoms with Crippen LogP contribution in [0, 0.1) is 17.8 Å². The van der Waals surface area contributed by atoms with E-state index < -0.39 is 5.60 Å². The molecule has 3 rings (SSSR count). The van der Waals surface area contributed by atoms with E-state index in [4.69, 9.17) is 9.47 Å². The largest absolute Gasteiger partial charge is 0.457 e. The Kier molecular flexibility index (Phi) is 2.12. The van der Waals surface area contributed by atoms with Crippen molar-refractivity contribution >= 4 is 27.9 Å². The molecule has 0 amide bonds. The van der Waals surface area contributed by atoms with Crippen LogP contribution in [0.15, 0.2) is 0 Å². The first-order valence-corrected chi connectivity index (χ1v) is 6.66. The van der Waals surface area contributed by atoms with Crippen LogP contribution in [0.5, 0.6) is 0 Å². The summed E-state index contributed by atoms with van der Waals surface area (Å²) in [6, 6.07) is 0. The van der Waals surface area contributed by atoms with Gasteiger partial charge in [0.2, 0.25) is 0 Å². The number of carbonyl (C=O) groups excluding carboxylic acids is 2. The SMILES string of the molecule is CC12OC(=O)C3CC(CC31)C2OC(=O)CBr. The molecule has 0 aromatic rings. The molecule has 2 saturated carbocycles. The summed E-state index contributed by atoms with van der Waals surface area (Å²) in [5.74, 6) is 0.215. The predicted molar refractivity (Wildman–Crippen MR) is 57.9 cm³/mol. The molecule has 0 N–H and O–H groups in total. The van der Waals surface area contributed by atoms with Crippen LogP contribution in [0.25, 0.3) is 0 Å². The number of hydrogen-bond donors (Lipinski definition) is 0. The number of hydrogen-bond acceptors (Lipinski definition) is 4. The van der Waals surface area contributed by atoms with Crippen LogP contribution in [-0.2, 0) is 19.1 Å². The van der Waals surface area contributed by atoms with Gasteiger partial charge < -0.3 is 9.47 Å². The van der Waals surface area contributed by atoms with Crippen molar-refractivity contribution in [3.63, 3.8) is 0 Å². The van der Waals surface area contributed by atoms with Gasteiger partial charge in [-0.25, -0.2) is 0 Å². The van der Waals surface area contributed by atoms with E-state index >= 15 is 0 Å². The number of carbonyl (C=O) groups is 2. The van der Waals surface area contributed by atoms with Crippen molar-refractivity contribution in [2.75, 3.05) is 5.33 Å². The topological polar surface area (TPSA) is 52.6 Å². The Labute approximate surface area is 102 Å². The number of rotatable bonds is 2. The smallest absolute Gasteiger partial charge is 0.316 e. The van der Waals surface area contributed by atoms with Crippen LogP contribution in [0.2, 0.25) is 0 Å². The minimum Gasteiger partial charge on any atom is -0.457 e. The highest BCUT2D eigenvalue weighted by Crippen LogP contribution is 2.61. The summed E-state index contributed by atoms with van der Waals surface area (Å²) in [7, 11) is 0. The van der Waals surface area contributed by atoms with Gasteiger partial charge in [0.1, 0.15) is 17.0 Å². The zero-order valence-corrected chi connectivity index (χ0v) is 10.5. The van der Waals surface area contributed by atoms with Gasteiger partial charge in [-0.15, -0.1) is 0 Å². The quantitative estimate of drug-likeness (QED) is 0.567. The highest BCUT2D eigenvalue weighted by atomic mass is 79.9. The van der Waals surface area contributed by atoms with Gasteiger partial charge in [0.25, 0.3) is 0 Å². The lowest BCUT2D eigenvalue weighted by atomic mass is 9.79. The Morgan fingerprint density at radius 1 is 1.62 bits per heavy atom. The van der Waals surface area contributed by atoms with Crippen molar-refractivity contribution in [3.05, 3.63) is 0 Å². The third kappa shape index (κ3) is 1.15. The molecule has 5 atom stereocenters. The first-order valence-electron chi connectivity index (χ1n) is 5.54. The fourth-order valence-electron chi connectivity index (χ4n) is 3.71. The van der Waals surface area contributed by atoms with Crippen LogP contribution in [0.3, 0.4) is 0 Å². The molecule has 0 aromatic carbocycles. The van der Waals surface area contributed by atoms with Crippen LogP contribution >= 0.6 is 15.9 Å². The molecule has 0 spiro atoms. The number of fused-ring (bicyclic) bond motifs is 1. The van der Waals surface area contributed by atoms with Gasteiger partial charge in [-0.2, -0.15) is 0 Å². The minimum atomic E-state index is -0.567. The monoisotopic (exact) mass is 288 g/mol. The molecule has 2 aliphatic carbocycles. The van der Waals surface area contributed by atoms with E-state index in [2.05, 4.69) is 15.9 Å². The third-order valence-electron chi connectivity index (χ3n) is 4.32. The maximum atomic E-state index is 11.6. The highest BCUT2D eigenvalue weighted by Gasteiger charge is 2.70. The van der Waals surface area contributed by atoms with Crippen molar-refractivity contribution in [2.24, 2.45) is 17.8 Å². The summed E-state index contributed by atoms with van der Waals surface area (Å²) in [6.07, 6.45) is 1.53. The van der Waals surface area contributed by atoms with Gasteiger partial charge in [-0.1, -0.05) is 15.9 Å². The van der Waals surface area contributed by atoms with Crippen LogP contribution in [-0.4, -0.2) is 29.0 Å². The van der Waals surface area contributed by atoms with E-state index in [0.717, 1.165) is 12.8 Å². The van der Waals surface area contributed by atoms with Gasteiger partial charge in [0, 0.05) is 11.8 Å². The van der Waals surface area contributed by atoms with Gasteiger partial charge in [0.15, 0.2) is 0 Å². The zero-order chi connectivity index (χ0) is 11.5. The molecule has 16 heavy (non-hydrogen) atoms. The molecule has 5 heteroatoms. The highest BCUT2D eigenvalue weighted by molar-refractivity contribution is 9.09. The molecule has 3 fully saturated rings. The van der Waals surface area contributed by atoms with Crippen molar-refractivity contribution < 1.29 is 19.1 Å². The van der Waals surface area contributed by atoms with Crippen LogP contribution < -0.4 is 0 Å². The summed E-state index contributed by atoms with van der Waals surface area (Å²) >= 11 is 3.07. The van der Waals surface area contributed by atoms with Crippen molar-refractivity contribution in [1.29, 1.82) is 0 Å². The number of alkyl halides is 1. The lowest BCUT2D eigenvalue weighted by Gasteiger charge is -2.33. The molecule has 4 nitrogen and oxygen atoms in total. The molecule has 88 valence electrons. The van der Waals surface area contributed by atoms with E-state index in [1.807, 2.05) is 6.92 Å². The normalized spacial score (nSPS) is 48.2. The van der Waals surface area contributed by atoms with Gasteiger partial charge in [-0.05, 0) is 19.8 Å². The maximum Gasteiger partial charge on any atom is 0.316 e. The Morgan fingerprint density at radius 3 is 3.06 bits per heavy atom. The first-order chi connectivity index (χ1) is 7.56. The van der Waals surface area contributed by atoms with Crippen molar-refractivity contribution in [1.82, 2.24) is 0 Å². The summed E-state index contributed by atoms with van der Waals surface area (Å²) in [6.45, 7) is 1.90. The number of halogens is 1. The lowest BCUT2D eigenvalue weighted by Crippen LogP contribution is -2.46. The maximum absolute atomic E-state index is 11.6. The molecule has 3 aliphatic rings. The molecule has 1 heterocycles. The van der Waals surface area contributed by atoms with Crippen LogP contribution in [0.1, 0.15) is 19.8 Å². The van der Waals surface area contributed by atoms with E-state index in [9.17, 15) is 9.59 Å². The second kappa shape index (κ2) is 3.22. The Bertz CT molecular complexity index is 369. The van der Waals surface area contributed by atoms with Gasteiger partial charge >= 0.3 is 11.9 Å². The molecule has 0 radical (unpaired) electrons. The van der Waals surface area contributed by atoms with E-state index in [0.29, 0.717) is 5.92 Å². The Hall–Kier alpha value is -0.580. The third-order valence-corrected chi connectivity index (χ3v) is 4.78. The zero-order valence-electron chi connectivity index (χ0n) is 8.94. The fraction of sp³-hybridized carbons (Fsp3) is 0.818. The fourth-order valence-corrected chi connectivity index (χ4v) is 3.84. The first kappa shape index (κ1) is 10.6. The van der Waals surface area contributed by atoms with E-state index in [1.54, 1.807) is 0 Å². The summed E-state index contributed by atoms with van der Waals surface area (Å²) < 4.78 is 10.9. The second-order valence-corrected chi connectivity index (χ2v) is 5.65. The van der Waals surface area contributed by atoms with Gasteiger partial charge in [-0.3, -0.25) is 9.59 Å². The predicted octanol–water partition coefficient (Wildman–Crippen LogP) is 1.26. The van der Waals surface area contributed by atoms with Crippen molar-refractivity contribution in [2.45, 2.75) is 31.5 Å².